The topological polar surface area (TPSA) is 87.4 Å². The number of esters is 1. The Kier molecular flexibility index (Phi) is 6.51. The number of carbonyl (C=O) groups is 1. The van der Waals surface area contributed by atoms with Gasteiger partial charge in [-0.2, -0.15) is 17.7 Å². The average Bonchev–Trinajstić information content (AvgIpc) is 2.81. The standard InChI is InChI=1S/C12H16NO2.CHF3O3S/c1-2-15-12(14)9-11-7-6-10-5-3-4-8-13(10)11;2-1(3,4)8(5,6)7/h3-5,8,11H,2,6-7,9H2,1H3;(H,5,6,7)/q+1;/p-1. The summed E-state index contributed by atoms with van der Waals surface area (Å²) in [6.45, 7) is 2.31. The predicted molar refractivity (Wildman–Crippen MR) is 71.0 cm³/mol. The molecule has 0 saturated heterocycles. The first-order valence-corrected chi connectivity index (χ1v) is 8.14. The fraction of sp³-hybridized carbons (Fsp3) is 0.538. The zero-order valence-corrected chi connectivity index (χ0v) is 13.1. The molecule has 1 aliphatic rings. The molecule has 23 heavy (non-hydrogen) atoms. The highest BCUT2D eigenvalue weighted by atomic mass is 32.2. The fourth-order valence-corrected chi connectivity index (χ4v) is 2.13. The van der Waals surface area contributed by atoms with E-state index in [1.807, 2.05) is 25.3 Å². The first kappa shape index (κ1) is 19.4. The summed E-state index contributed by atoms with van der Waals surface area (Å²) in [5.41, 5.74) is -4.33. The summed E-state index contributed by atoms with van der Waals surface area (Å²) >= 11 is 0. The molecule has 0 bridgehead atoms. The van der Waals surface area contributed by atoms with Crippen molar-refractivity contribution in [3.05, 3.63) is 30.1 Å². The monoisotopic (exact) mass is 355 g/mol. The molecule has 1 unspecified atom stereocenters. The fourth-order valence-electron chi connectivity index (χ4n) is 2.13. The Hall–Kier alpha value is -1.68. The van der Waals surface area contributed by atoms with E-state index in [9.17, 15) is 18.0 Å². The van der Waals surface area contributed by atoms with Crippen LogP contribution in [0.4, 0.5) is 13.2 Å². The molecule has 1 atom stereocenters. The zero-order valence-electron chi connectivity index (χ0n) is 12.2. The Morgan fingerprint density at radius 2 is 2.04 bits per heavy atom. The minimum absolute atomic E-state index is 0.0910. The van der Waals surface area contributed by atoms with E-state index in [1.54, 1.807) is 0 Å². The molecular weight excluding hydrogens is 339 g/mol. The van der Waals surface area contributed by atoms with E-state index in [1.165, 1.54) is 5.69 Å². The maximum atomic E-state index is 11.4. The minimum atomic E-state index is -6.09. The molecule has 0 aromatic carbocycles. The van der Waals surface area contributed by atoms with Crippen LogP contribution >= 0.6 is 0 Å². The maximum Gasteiger partial charge on any atom is 0.485 e. The summed E-state index contributed by atoms with van der Waals surface area (Å²) in [4.78, 5) is 11.4. The van der Waals surface area contributed by atoms with Gasteiger partial charge in [0.05, 0.1) is 6.61 Å². The Balaban J connectivity index is 0.000000284. The second-order valence-corrected chi connectivity index (χ2v) is 6.07. The molecular formula is C13H16F3NO5S. The summed E-state index contributed by atoms with van der Waals surface area (Å²) in [6, 6.07) is 6.46. The Labute approximate surface area is 131 Å². The Bertz CT molecular complexity index is 645. The highest BCUT2D eigenvalue weighted by Gasteiger charge is 2.37. The van der Waals surface area contributed by atoms with Gasteiger partial charge in [-0.1, -0.05) is 6.07 Å². The molecule has 0 fully saturated rings. The molecule has 1 aliphatic heterocycles. The SMILES string of the molecule is CCOC(=O)CC1CCc2cccc[n+]21.O=S(=O)([O-])C(F)(F)F. The third-order valence-electron chi connectivity index (χ3n) is 3.10. The number of aryl methyl sites for hydroxylation is 1. The molecule has 130 valence electrons. The van der Waals surface area contributed by atoms with Crippen LogP contribution in [-0.2, 0) is 26.1 Å². The molecule has 0 aliphatic carbocycles. The van der Waals surface area contributed by atoms with Crippen molar-refractivity contribution in [3.8, 4) is 0 Å². The number of hydrogen-bond donors (Lipinski definition) is 0. The number of fused-ring (bicyclic) bond motifs is 1. The van der Waals surface area contributed by atoms with E-state index in [0.29, 0.717) is 19.1 Å². The third kappa shape index (κ3) is 5.79. The van der Waals surface area contributed by atoms with Gasteiger partial charge in [0.1, 0.15) is 6.42 Å². The number of halogens is 3. The third-order valence-corrected chi connectivity index (χ3v) is 3.66. The number of pyridine rings is 1. The molecule has 2 heterocycles. The predicted octanol–water partition coefficient (Wildman–Crippen LogP) is 1.47. The molecule has 1 aromatic rings. The Morgan fingerprint density at radius 3 is 2.57 bits per heavy atom. The van der Waals surface area contributed by atoms with Crippen molar-refractivity contribution in [2.45, 2.75) is 37.7 Å². The molecule has 6 nitrogen and oxygen atoms in total. The number of nitrogens with zero attached hydrogens (tertiary/aromatic N) is 1. The van der Waals surface area contributed by atoms with Crippen LogP contribution in [0.25, 0.3) is 0 Å². The average molecular weight is 355 g/mol. The smallest absolute Gasteiger partial charge is 0.485 e. The number of alkyl halides is 3. The molecule has 0 amide bonds. The van der Waals surface area contributed by atoms with E-state index >= 15 is 0 Å². The van der Waals surface area contributed by atoms with Crippen LogP contribution in [0.1, 0.15) is 31.5 Å². The van der Waals surface area contributed by atoms with Crippen LogP contribution in [0, 0.1) is 0 Å². The minimum Gasteiger partial charge on any atom is -0.741 e. The Morgan fingerprint density at radius 1 is 1.43 bits per heavy atom. The van der Waals surface area contributed by atoms with E-state index in [2.05, 4.69) is 10.6 Å². The van der Waals surface area contributed by atoms with Crippen LogP contribution < -0.4 is 4.57 Å². The highest BCUT2D eigenvalue weighted by molar-refractivity contribution is 7.86. The van der Waals surface area contributed by atoms with E-state index in [-0.39, 0.29) is 5.97 Å². The molecule has 0 radical (unpaired) electrons. The van der Waals surface area contributed by atoms with Crippen LogP contribution in [0.2, 0.25) is 0 Å². The quantitative estimate of drug-likeness (QED) is 0.355. The van der Waals surface area contributed by atoms with Gasteiger partial charge in [0.2, 0.25) is 0 Å². The number of carbonyl (C=O) groups excluding carboxylic acids is 1. The summed E-state index contributed by atoms with van der Waals surface area (Å²) in [7, 11) is -6.09. The van der Waals surface area contributed by atoms with Crippen LogP contribution in [-0.4, -0.2) is 31.1 Å². The molecule has 2 rings (SSSR count). The van der Waals surface area contributed by atoms with Crippen LogP contribution in [0.3, 0.4) is 0 Å². The van der Waals surface area contributed by atoms with Gasteiger partial charge in [0.15, 0.2) is 28.1 Å². The van der Waals surface area contributed by atoms with Crippen LogP contribution in [0.15, 0.2) is 24.4 Å². The van der Waals surface area contributed by atoms with Crippen molar-refractivity contribution in [1.82, 2.24) is 0 Å². The zero-order chi connectivity index (χ0) is 17.7. The summed E-state index contributed by atoms with van der Waals surface area (Å²) < 4.78 is 66.1. The lowest BCUT2D eigenvalue weighted by molar-refractivity contribution is -0.715. The molecule has 1 aromatic heterocycles. The summed E-state index contributed by atoms with van der Waals surface area (Å²) in [5.74, 6) is -0.0910. The molecule has 0 spiro atoms. The van der Waals surface area contributed by atoms with Gasteiger partial charge in [-0.3, -0.25) is 4.79 Å². The second kappa shape index (κ2) is 7.73. The van der Waals surface area contributed by atoms with Gasteiger partial charge in [0, 0.05) is 25.0 Å². The van der Waals surface area contributed by atoms with Crippen molar-refractivity contribution in [1.29, 1.82) is 0 Å². The van der Waals surface area contributed by atoms with Gasteiger partial charge in [-0.15, -0.1) is 0 Å². The van der Waals surface area contributed by atoms with Crippen LogP contribution in [0.5, 0.6) is 0 Å². The first-order chi connectivity index (χ1) is 10.6. The van der Waals surface area contributed by atoms with Gasteiger partial charge >= 0.3 is 11.5 Å². The van der Waals surface area contributed by atoms with Gasteiger partial charge < -0.3 is 9.29 Å². The maximum absolute atomic E-state index is 11.4. The first-order valence-electron chi connectivity index (χ1n) is 6.73. The lowest BCUT2D eigenvalue weighted by Crippen LogP contribution is -2.38. The van der Waals surface area contributed by atoms with Gasteiger partial charge in [0.25, 0.3) is 0 Å². The molecule has 0 saturated carbocycles. The number of hydrogen-bond acceptors (Lipinski definition) is 5. The van der Waals surface area contributed by atoms with Crippen molar-refractivity contribution in [3.63, 3.8) is 0 Å². The number of aromatic nitrogens is 1. The van der Waals surface area contributed by atoms with Gasteiger partial charge in [-0.25, -0.2) is 8.42 Å². The van der Waals surface area contributed by atoms with Crippen molar-refractivity contribution in [2.24, 2.45) is 0 Å². The highest BCUT2D eigenvalue weighted by Crippen LogP contribution is 2.21. The normalized spacial score (nSPS) is 17.0. The van der Waals surface area contributed by atoms with Gasteiger partial charge in [-0.05, 0) is 6.92 Å². The van der Waals surface area contributed by atoms with Crippen molar-refractivity contribution < 1.29 is 40.2 Å². The second-order valence-electron chi connectivity index (χ2n) is 4.70. The molecule has 0 N–H and O–H groups in total. The number of rotatable bonds is 3. The molecule has 10 heteroatoms. The van der Waals surface area contributed by atoms with E-state index < -0.39 is 15.6 Å². The lowest BCUT2D eigenvalue weighted by Gasteiger charge is -2.08. The largest absolute Gasteiger partial charge is 0.741 e. The van der Waals surface area contributed by atoms with Crippen molar-refractivity contribution in [2.75, 3.05) is 6.61 Å². The summed E-state index contributed by atoms with van der Waals surface area (Å²) in [6.07, 6.45) is 4.65. The van der Waals surface area contributed by atoms with E-state index in [0.717, 1.165) is 12.8 Å². The van der Waals surface area contributed by atoms with E-state index in [4.69, 9.17) is 17.7 Å². The van der Waals surface area contributed by atoms with Crippen molar-refractivity contribution >= 4 is 16.1 Å². The number of ether oxygens (including phenoxy) is 1. The lowest BCUT2D eigenvalue weighted by atomic mass is 10.1. The summed E-state index contributed by atoms with van der Waals surface area (Å²) in [5, 5.41) is 0.